The van der Waals surface area contributed by atoms with Crippen LogP contribution in [0.3, 0.4) is 0 Å². The third-order valence-electron chi connectivity index (χ3n) is 2.50. The second kappa shape index (κ2) is 11.8. The maximum atomic E-state index is 11.4. The van der Waals surface area contributed by atoms with Crippen LogP contribution < -0.4 is 0 Å². The van der Waals surface area contributed by atoms with Crippen molar-refractivity contribution < 1.29 is 4.79 Å². The number of unbranched alkanes of at least 4 members (excludes halogenated alkanes) is 2. The maximum absolute atomic E-state index is 11.4. The third-order valence-corrected chi connectivity index (χ3v) is 4.93. The second-order valence-electron chi connectivity index (χ2n) is 4.16. The van der Waals surface area contributed by atoms with Crippen LogP contribution in [0, 0.1) is 5.92 Å². The minimum Gasteiger partial charge on any atom is -0.300 e. The first-order chi connectivity index (χ1) is 7.72. The molecule has 16 heavy (non-hydrogen) atoms. The molecule has 0 spiro atoms. The average molecular weight is 262 g/mol. The quantitative estimate of drug-likeness (QED) is 0.518. The van der Waals surface area contributed by atoms with Crippen molar-refractivity contribution in [3.05, 3.63) is 0 Å². The molecule has 0 aliphatic rings. The van der Waals surface area contributed by atoms with Gasteiger partial charge in [-0.25, -0.2) is 0 Å². The fourth-order valence-corrected chi connectivity index (χ4v) is 3.97. The van der Waals surface area contributed by atoms with Gasteiger partial charge in [-0.1, -0.05) is 26.7 Å². The van der Waals surface area contributed by atoms with Gasteiger partial charge in [0.15, 0.2) is 0 Å². The highest BCUT2D eigenvalue weighted by molar-refractivity contribution is 8.00. The van der Waals surface area contributed by atoms with Crippen molar-refractivity contribution in [1.29, 1.82) is 0 Å². The van der Waals surface area contributed by atoms with Gasteiger partial charge in [0.25, 0.3) is 0 Å². The van der Waals surface area contributed by atoms with Gasteiger partial charge in [-0.2, -0.15) is 23.5 Å². The minimum atomic E-state index is 0.281. The molecule has 0 aliphatic heterocycles. The largest absolute Gasteiger partial charge is 0.300 e. The summed E-state index contributed by atoms with van der Waals surface area (Å²) < 4.78 is 0. The van der Waals surface area contributed by atoms with Gasteiger partial charge < -0.3 is 0 Å². The van der Waals surface area contributed by atoms with Crippen LogP contribution in [0.15, 0.2) is 0 Å². The molecule has 0 aliphatic carbocycles. The first-order valence-electron chi connectivity index (χ1n) is 6.38. The summed E-state index contributed by atoms with van der Waals surface area (Å²) in [7, 11) is 0. The second-order valence-corrected chi connectivity index (χ2v) is 6.46. The number of hydrogen-bond acceptors (Lipinski definition) is 3. The number of hydrogen-bond donors (Lipinski definition) is 0. The normalized spacial score (nSPS) is 11.0. The Morgan fingerprint density at radius 3 is 1.75 bits per heavy atom. The Labute approximate surface area is 110 Å². The molecular weight excluding hydrogens is 236 g/mol. The van der Waals surface area contributed by atoms with E-state index in [1.807, 2.05) is 23.5 Å². The van der Waals surface area contributed by atoms with Crippen molar-refractivity contribution in [2.45, 2.75) is 46.5 Å². The van der Waals surface area contributed by atoms with E-state index in [1.54, 1.807) is 6.92 Å². The van der Waals surface area contributed by atoms with E-state index in [9.17, 15) is 4.79 Å². The summed E-state index contributed by atoms with van der Waals surface area (Å²) in [5.41, 5.74) is 0. The Bertz CT molecular complexity index is 159. The van der Waals surface area contributed by atoms with Crippen molar-refractivity contribution in [3.8, 4) is 0 Å². The Kier molecular flexibility index (Phi) is 12.1. The molecule has 0 N–H and O–H groups in total. The van der Waals surface area contributed by atoms with Gasteiger partial charge in [-0.15, -0.1) is 0 Å². The Morgan fingerprint density at radius 2 is 1.44 bits per heavy atom. The fraction of sp³-hybridized carbons (Fsp3) is 0.923. The lowest BCUT2D eigenvalue weighted by Crippen LogP contribution is -2.17. The summed E-state index contributed by atoms with van der Waals surface area (Å²) in [6.45, 7) is 6.17. The lowest BCUT2D eigenvalue weighted by Gasteiger charge is -2.12. The van der Waals surface area contributed by atoms with Crippen molar-refractivity contribution in [1.82, 2.24) is 0 Å². The summed E-state index contributed by atoms with van der Waals surface area (Å²) >= 11 is 3.89. The van der Waals surface area contributed by atoms with Crippen molar-refractivity contribution in [2.75, 3.05) is 23.0 Å². The van der Waals surface area contributed by atoms with Crippen LogP contribution in [-0.4, -0.2) is 28.8 Å². The molecule has 0 aromatic carbocycles. The molecule has 0 aromatic rings. The molecule has 0 heterocycles. The van der Waals surface area contributed by atoms with Crippen LogP contribution >= 0.6 is 23.5 Å². The summed E-state index contributed by atoms with van der Waals surface area (Å²) in [5.74, 6) is 5.11. The van der Waals surface area contributed by atoms with Crippen LogP contribution in [0.1, 0.15) is 46.5 Å². The molecule has 96 valence electrons. The Morgan fingerprint density at radius 1 is 1.00 bits per heavy atom. The molecular formula is C13H26OS2. The van der Waals surface area contributed by atoms with Crippen LogP contribution in [0.4, 0.5) is 0 Å². The van der Waals surface area contributed by atoms with E-state index in [0.29, 0.717) is 5.78 Å². The molecule has 0 aromatic heterocycles. The van der Waals surface area contributed by atoms with Crippen LogP contribution in [0.5, 0.6) is 0 Å². The van der Waals surface area contributed by atoms with E-state index in [0.717, 1.165) is 11.5 Å². The SMILES string of the molecule is CCCCSCC(CSCCCC)C(C)=O. The number of thioether (sulfide) groups is 2. The number of rotatable bonds is 11. The highest BCUT2D eigenvalue weighted by atomic mass is 32.2. The molecule has 0 atom stereocenters. The van der Waals surface area contributed by atoms with Crippen molar-refractivity contribution in [2.24, 2.45) is 5.92 Å². The molecule has 0 bridgehead atoms. The van der Waals surface area contributed by atoms with E-state index in [-0.39, 0.29) is 5.92 Å². The molecule has 0 amide bonds. The predicted octanol–water partition coefficient (Wildman–Crippen LogP) is 4.26. The Balaban J connectivity index is 3.59. The molecule has 0 unspecified atom stereocenters. The fourth-order valence-electron chi connectivity index (χ4n) is 1.23. The summed E-state index contributed by atoms with van der Waals surface area (Å²) in [6.07, 6.45) is 5.06. The molecule has 0 radical (unpaired) electrons. The van der Waals surface area contributed by atoms with E-state index in [2.05, 4.69) is 13.8 Å². The zero-order valence-corrected chi connectivity index (χ0v) is 12.6. The van der Waals surface area contributed by atoms with Crippen LogP contribution in [0.25, 0.3) is 0 Å². The average Bonchev–Trinajstić information content (AvgIpc) is 2.26. The van der Waals surface area contributed by atoms with E-state index >= 15 is 0 Å². The first-order valence-corrected chi connectivity index (χ1v) is 8.69. The summed E-state index contributed by atoms with van der Waals surface area (Å²) in [6, 6.07) is 0. The van der Waals surface area contributed by atoms with Crippen LogP contribution in [0.2, 0.25) is 0 Å². The maximum Gasteiger partial charge on any atom is 0.134 e. The third kappa shape index (κ3) is 9.59. The lowest BCUT2D eigenvalue weighted by atomic mass is 10.1. The monoisotopic (exact) mass is 262 g/mol. The lowest BCUT2D eigenvalue weighted by molar-refractivity contribution is -0.119. The summed E-state index contributed by atoms with van der Waals surface area (Å²) in [4.78, 5) is 11.4. The standard InChI is InChI=1S/C13H26OS2/c1-4-6-8-15-10-13(12(3)14)11-16-9-7-5-2/h13H,4-11H2,1-3H3. The van der Waals surface area contributed by atoms with Gasteiger partial charge >= 0.3 is 0 Å². The number of ketones is 1. The van der Waals surface area contributed by atoms with Crippen molar-refractivity contribution >= 4 is 29.3 Å². The zero-order chi connectivity index (χ0) is 12.2. The predicted molar refractivity (Wildman–Crippen MR) is 78.6 cm³/mol. The van der Waals surface area contributed by atoms with E-state index in [4.69, 9.17) is 0 Å². The van der Waals surface area contributed by atoms with E-state index in [1.165, 1.54) is 37.2 Å². The topological polar surface area (TPSA) is 17.1 Å². The molecule has 3 heteroatoms. The van der Waals surface area contributed by atoms with Gasteiger partial charge in [0.1, 0.15) is 5.78 Å². The molecule has 0 rings (SSSR count). The summed E-state index contributed by atoms with van der Waals surface area (Å²) in [5, 5.41) is 0. The first kappa shape index (κ1) is 16.4. The number of Topliss-reactive ketones (excluding diaryl/α,β-unsaturated/α-hetero) is 1. The van der Waals surface area contributed by atoms with Crippen LogP contribution in [-0.2, 0) is 4.79 Å². The highest BCUT2D eigenvalue weighted by Gasteiger charge is 2.13. The molecule has 0 saturated heterocycles. The minimum absolute atomic E-state index is 0.281. The molecule has 0 fully saturated rings. The van der Waals surface area contributed by atoms with Gasteiger partial charge in [0.05, 0.1) is 0 Å². The van der Waals surface area contributed by atoms with Gasteiger partial charge in [-0.05, 0) is 31.3 Å². The number of carbonyl (C=O) groups excluding carboxylic acids is 1. The molecule has 0 saturated carbocycles. The van der Waals surface area contributed by atoms with Gasteiger partial charge in [0.2, 0.25) is 0 Å². The van der Waals surface area contributed by atoms with E-state index < -0.39 is 0 Å². The number of carbonyl (C=O) groups is 1. The zero-order valence-electron chi connectivity index (χ0n) is 11.0. The van der Waals surface area contributed by atoms with Gasteiger partial charge in [0, 0.05) is 17.4 Å². The highest BCUT2D eigenvalue weighted by Crippen LogP contribution is 2.17. The van der Waals surface area contributed by atoms with Gasteiger partial charge in [-0.3, -0.25) is 4.79 Å². The smallest absolute Gasteiger partial charge is 0.134 e. The molecule has 1 nitrogen and oxygen atoms in total. The Hall–Kier alpha value is 0.370. The van der Waals surface area contributed by atoms with Crippen molar-refractivity contribution in [3.63, 3.8) is 0 Å².